The molecule has 15 heavy (non-hydrogen) atoms. The molecule has 1 aromatic rings. The molecule has 0 aliphatic heterocycles. The quantitative estimate of drug-likeness (QED) is 0.655. The van der Waals surface area contributed by atoms with Gasteiger partial charge in [0.25, 0.3) is 0 Å². The Morgan fingerprint density at radius 2 is 2.47 bits per heavy atom. The predicted octanol–water partition coefficient (Wildman–Crippen LogP) is 2.59. The number of hydrogen-bond acceptors (Lipinski definition) is 3. The van der Waals surface area contributed by atoms with Gasteiger partial charge in [0.15, 0.2) is 0 Å². The summed E-state index contributed by atoms with van der Waals surface area (Å²) < 4.78 is 12.7. The molecule has 1 rings (SSSR count). The minimum Gasteiger partial charge on any atom is -0.321 e. The van der Waals surface area contributed by atoms with Crippen molar-refractivity contribution in [3.63, 3.8) is 0 Å². The Labute approximate surface area is 95.8 Å². The maximum atomic E-state index is 9.33. The third-order valence-electron chi connectivity index (χ3n) is 1.86. The van der Waals surface area contributed by atoms with Gasteiger partial charge in [-0.05, 0) is 17.5 Å². The standard InChI is InChI=1S/C9H10ClN3OS/c1-7(5-15(14)13-6-11)8-2-3-9(10)12-4-8/h2-4,7H,5H2,1H3,(H,13,14). The third-order valence-corrected chi connectivity index (χ3v) is 3.18. The van der Waals surface area contributed by atoms with Crippen LogP contribution in [0, 0.1) is 11.5 Å². The van der Waals surface area contributed by atoms with Crippen molar-refractivity contribution in [1.82, 2.24) is 4.98 Å². The summed E-state index contributed by atoms with van der Waals surface area (Å²) in [4.78, 5) is 3.94. The van der Waals surface area contributed by atoms with Crippen molar-refractivity contribution < 1.29 is 4.55 Å². The van der Waals surface area contributed by atoms with Gasteiger partial charge in [-0.15, -0.1) is 4.36 Å². The van der Waals surface area contributed by atoms with Crippen molar-refractivity contribution in [2.24, 2.45) is 4.36 Å². The molecule has 0 aliphatic rings. The highest BCUT2D eigenvalue weighted by molar-refractivity contribution is 7.81. The monoisotopic (exact) mass is 243 g/mol. The van der Waals surface area contributed by atoms with E-state index in [0.29, 0.717) is 10.9 Å². The number of aromatic nitrogens is 1. The zero-order valence-corrected chi connectivity index (χ0v) is 9.66. The van der Waals surface area contributed by atoms with Crippen molar-refractivity contribution in [3.8, 4) is 6.19 Å². The zero-order valence-electron chi connectivity index (χ0n) is 8.09. The number of nitrogens with zero attached hydrogens (tertiary/aromatic N) is 3. The summed E-state index contributed by atoms with van der Waals surface area (Å²) in [5.41, 5.74) is 0.971. The summed E-state index contributed by atoms with van der Waals surface area (Å²) in [6.45, 7) is 1.94. The number of nitriles is 1. The van der Waals surface area contributed by atoms with Crippen LogP contribution in [0.4, 0.5) is 0 Å². The van der Waals surface area contributed by atoms with Crippen LogP contribution in [0.5, 0.6) is 0 Å². The van der Waals surface area contributed by atoms with Crippen LogP contribution in [0.3, 0.4) is 0 Å². The molecule has 80 valence electrons. The van der Waals surface area contributed by atoms with Crippen molar-refractivity contribution in [2.45, 2.75) is 12.8 Å². The van der Waals surface area contributed by atoms with Crippen LogP contribution in [0.25, 0.3) is 0 Å². The van der Waals surface area contributed by atoms with E-state index >= 15 is 0 Å². The molecule has 0 bridgehead atoms. The summed E-state index contributed by atoms with van der Waals surface area (Å²) >= 11 is 5.65. The summed E-state index contributed by atoms with van der Waals surface area (Å²) in [7, 11) is -1.20. The summed E-state index contributed by atoms with van der Waals surface area (Å²) in [6.07, 6.45) is 3.25. The first-order valence-corrected chi connectivity index (χ1v) is 5.93. The first-order chi connectivity index (χ1) is 7.13. The van der Waals surface area contributed by atoms with E-state index in [1.807, 2.05) is 13.0 Å². The molecular formula is C9H10ClN3OS. The highest BCUT2D eigenvalue weighted by Gasteiger charge is 2.07. The van der Waals surface area contributed by atoms with E-state index < -0.39 is 11.0 Å². The molecule has 0 saturated heterocycles. The molecule has 1 N–H and O–H groups in total. The van der Waals surface area contributed by atoms with Gasteiger partial charge in [0.05, 0.1) is 0 Å². The molecule has 6 heteroatoms. The molecule has 0 saturated carbocycles. The molecule has 0 spiro atoms. The van der Waals surface area contributed by atoms with Gasteiger partial charge in [0.2, 0.25) is 6.19 Å². The van der Waals surface area contributed by atoms with Gasteiger partial charge < -0.3 is 4.55 Å². The molecule has 2 atom stereocenters. The van der Waals surface area contributed by atoms with Gasteiger partial charge in [0, 0.05) is 22.9 Å². The summed E-state index contributed by atoms with van der Waals surface area (Å²) in [5, 5.41) is 8.70. The van der Waals surface area contributed by atoms with Gasteiger partial charge in [-0.25, -0.2) is 4.98 Å². The molecule has 2 unspecified atom stereocenters. The minimum absolute atomic E-state index is 0.0974. The fourth-order valence-corrected chi connectivity index (χ4v) is 2.00. The number of rotatable bonds is 3. The molecular weight excluding hydrogens is 234 g/mol. The second-order valence-corrected chi connectivity index (χ2v) is 4.60. The molecule has 0 fully saturated rings. The molecule has 1 aromatic heterocycles. The lowest BCUT2D eigenvalue weighted by Crippen LogP contribution is -2.05. The van der Waals surface area contributed by atoms with E-state index in [2.05, 4.69) is 9.35 Å². The lowest BCUT2D eigenvalue weighted by molar-refractivity contribution is 0.641. The van der Waals surface area contributed by atoms with Crippen LogP contribution in [-0.4, -0.2) is 15.3 Å². The van der Waals surface area contributed by atoms with E-state index in [-0.39, 0.29) is 5.92 Å². The highest BCUT2D eigenvalue weighted by atomic mass is 35.5. The Balaban J connectivity index is 2.70. The molecule has 0 aromatic carbocycles. The smallest absolute Gasteiger partial charge is 0.214 e. The Morgan fingerprint density at radius 3 is 3.00 bits per heavy atom. The van der Waals surface area contributed by atoms with Gasteiger partial charge in [-0.2, -0.15) is 5.26 Å². The average molecular weight is 244 g/mol. The number of halogens is 1. The van der Waals surface area contributed by atoms with Crippen LogP contribution in [0.2, 0.25) is 5.15 Å². The fraction of sp³-hybridized carbons (Fsp3) is 0.333. The first-order valence-electron chi connectivity index (χ1n) is 4.25. The van der Waals surface area contributed by atoms with Crippen molar-refractivity contribution in [1.29, 1.82) is 5.26 Å². The molecule has 0 aliphatic carbocycles. The topological polar surface area (TPSA) is 69.3 Å². The zero-order chi connectivity index (χ0) is 11.3. The van der Waals surface area contributed by atoms with Crippen LogP contribution in [-0.2, 0) is 11.0 Å². The molecule has 4 nitrogen and oxygen atoms in total. The Morgan fingerprint density at radius 1 is 1.73 bits per heavy atom. The Bertz CT molecular complexity index is 399. The summed E-state index contributed by atoms with van der Waals surface area (Å²) in [5.74, 6) is 0.525. The van der Waals surface area contributed by atoms with Crippen LogP contribution < -0.4 is 0 Å². The van der Waals surface area contributed by atoms with Gasteiger partial charge in [0.1, 0.15) is 5.15 Å². The first kappa shape index (κ1) is 12.1. The second kappa shape index (κ2) is 5.81. The van der Waals surface area contributed by atoms with Crippen molar-refractivity contribution in [2.75, 3.05) is 5.75 Å². The largest absolute Gasteiger partial charge is 0.321 e. The normalized spacial score (nSPS) is 14.5. The van der Waals surface area contributed by atoms with Crippen LogP contribution in [0.1, 0.15) is 18.4 Å². The van der Waals surface area contributed by atoms with Gasteiger partial charge >= 0.3 is 0 Å². The highest BCUT2D eigenvalue weighted by Crippen LogP contribution is 2.16. The Hall–Kier alpha value is -0.960. The van der Waals surface area contributed by atoms with Crippen molar-refractivity contribution in [3.05, 3.63) is 29.0 Å². The van der Waals surface area contributed by atoms with Gasteiger partial charge in [-0.3, -0.25) is 0 Å². The lowest BCUT2D eigenvalue weighted by atomic mass is 10.1. The summed E-state index contributed by atoms with van der Waals surface area (Å²) in [6, 6.07) is 3.55. The SMILES string of the molecule is CC(CS(O)=NC#N)c1ccc(Cl)nc1. The molecule has 1 heterocycles. The van der Waals surface area contributed by atoms with E-state index in [4.69, 9.17) is 16.9 Å². The lowest BCUT2D eigenvalue weighted by Gasteiger charge is -2.09. The molecule has 0 amide bonds. The van der Waals surface area contributed by atoms with E-state index in [9.17, 15) is 4.55 Å². The fourth-order valence-electron chi connectivity index (χ4n) is 1.08. The third kappa shape index (κ3) is 3.96. The van der Waals surface area contributed by atoms with Crippen molar-refractivity contribution >= 4 is 22.6 Å². The van der Waals surface area contributed by atoms with Gasteiger partial charge in [-0.1, -0.05) is 24.6 Å². The molecule has 0 radical (unpaired) electrons. The van der Waals surface area contributed by atoms with E-state index in [1.54, 1.807) is 18.5 Å². The minimum atomic E-state index is -1.20. The average Bonchev–Trinajstić information content (AvgIpc) is 2.18. The van der Waals surface area contributed by atoms with E-state index in [1.165, 1.54) is 0 Å². The van der Waals surface area contributed by atoms with E-state index in [0.717, 1.165) is 5.56 Å². The van der Waals surface area contributed by atoms with Crippen LogP contribution >= 0.6 is 11.6 Å². The maximum Gasteiger partial charge on any atom is 0.214 e. The maximum absolute atomic E-state index is 9.33. The number of hydrogen-bond donors (Lipinski definition) is 1. The Kier molecular flexibility index (Phi) is 4.69. The van der Waals surface area contributed by atoms with Crippen LogP contribution in [0.15, 0.2) is 22.7 Å². The predicted molar refractivity (Wildman–Crippen MR) is 60.6 cm³/mol. The number of pyridine rings is 1. The second-order valence-electron chi connectivity index (χ2n) is 3.01.